The summed E-state index contributed by atoms with van der Waals surface area (Å²) in [7, 11) is 0. The highest BCUT2D eigenvalue weighted by atomic mass is 16.4. The van der Waals surface area contributed by atoms with Crippen LogP contribution in [-0.2, 0) is 16.1 Å². The smallest absolute Gasteiger partial charge is 0.323 e. The summed E-state index contributed by atoms with van der Waals surface area (Å²) in [6.45, 7) is 3.18. The number of furan rings is 1. The maximum Gasteiger partial charge on any atom is 0.323 e. The Morgan fingerprint density at radius 2 is 2.09 bits per heavy atom. The molecule has 1 aromatic heterocycles. The highest BCUT2D eigenvalue weighted by Gasteiger charge is 2.21. The molecule has 122 valence electrons. The molecular weight excluding hydrogens is 290 g/mol. The van der Waals surface area contributed by atoms with Crippen molar-refractivity contribution in [2.45, 2.75) is 32.9 Å². The molecule has 22 heavy (non-hydrogen) atoms. The maximum absolute atomic E-state index is 12.0. The third-order valence-corrected chi connectivity index (χ3v) is 3.15. The van der Waals surface area contributed by atoms with Gasteiger partial charge in [-0.05, 0) is 25.5 Å². The van der Waals surface area contributed by atoms with Crippen molar-refractivity contribution in [2.75, 3.05) is 13.1 Å². The Bertz CT molecular complexity index is 501. The monoisotopic (exact) mass is 311 g/mol. The molecule has 0 saturated heterocycles. The fourth-order valence-corrected chi connectivity index (χ4v) is 1.76. The fourth-order valence-electron chi connectivity index (χ4n) is 1.76. The molecule has 3 amide bonds. The van der Waals surface area contributed by atoms with Crippen molar-refractivity contribution in [2.24, 2.45) is 0 Å². The molecule has 1 atom stereocenters. The molecule has 1 heterocycles. The van der Waals surface area contributed by atoms with Crippen molar-refractivity contribution in [1.29, 1.82) is 0 Å². The van der Waals surface area contributed by atoms with Crippen LogP contribution < -0.4 is 10.6 Å². The topological polar surface area (TPSA) is 112 Å². The molecule has 0 fully saturated rings. The van der Waals surface area contributed by atoms with Gasteiger partial charge in [-0.25, -0.2) is 4.79 Å². The van der Waals surface area contributed by atoms with Gasteiger partial charge >= 0.3 is 12.0 Å². The second-order valence-electron chi connectivity index (χ2n) is 4.79. The van der Waals surface area contributed by atoms with Crippen molar-refractivity contribution in [3.63, 3.8) is 0 Å². The highest BCUT2D eigenvalue weighted by molar-refractivity contribution is 5.86. The molecule has 8 nitrogen and oxygen atoms in total. The first kappa shape index (κ1) is 17.5. The number of carbonyl (C=O) groups excluding carboxylic acids is 2. The molecule has 0 aliphatic heterocycles. The van der Waals surface area contributed by atoms with Crippen LogP contribution in [0.2, 0.25) is 0 Å². The predicted molar refractivity (Wildman–Crippen MR) is 78.0 cm³/mol. The summed E-state index contributed by atoms with van der Waals surface area (Å²) in [6, 6.07) is 2.68. The second kappa shape index (κ2) is 8.71. The van der Waals surface area contributed by atoms with E-state index in [0.29, 0.717) is 12.2 Å². The molecule has 0 spiro atoms. The van der Waals surface area contributed by atoms with Crippen molar-refractivity contribution >= 4 is 17.9 Å². The van der Waals surface area contributed by atoms with Gasteiger partial charge < -0.3 is 25.1 Å². The first-order chi connectivity index (χ1) is 10.4. The minimum absolute atomic E-state index is 0.206. The number of nitrogens with one attached hydrogen (secondary N) is 2. The van der Waals surface area contributed by atoms with Crippen LogP contribution in [0.25, 0.3) is 0 Å². The van der Waals surface area contributed by atoms with Gasteiger partial charge in [0.1, 0.15) is 12.3 Å². The van der Waals surface area contributed by atoms with Gasteiger partial charge in [0, 0.05) is 6.04 Å². The minimum atomic E-state index is -1.09. The zero-order valence-electron chi connectivity index (χ0n) is 12.7. The number of hydrogen-bond donors (Lipinski definition) is 3. The first-order valence-corrected chi connectivity index (χ1v) is 6.99. The largest absolute Gasteiger partial charge is 0.480 e. The molecule has 0 aliphatic rings. The predicted octanol–water partition coefficient (Wildman–Crippen LogP) is 0.791. The zero-order valence-corrected chi connectivity index (χ0v) is 12.7. The Morgan fingerprint density at radius 3 is 2.64 bits per heavy atom. The van der Waals surface area contributed by atoms with Crippen molar-refractivity contribution in [3.05, 3.63) is 24.2 Å². The van der Waals surface area contributed by atoms with E-state index in [1.807, 2.05) is 6.92 Å². The number of carboxylic acids is 1. The highest BCUT2D eigenvalue weighted by Crippen LogP contribution is 2.03. The molecule has 1 unspecified atom stereocenters. The Balaban J connectivity index is 2.41. The van der Waals surface area contributed by atoms with Gasteiger partial charge in [0.25, 0.3) is 0 Å². The second-order valence-corrected chi connectivity index (χ2v) is 4.79. The van der Waals surface area contributed by atoms with Gasteiger partial charge in [-0.15, -0.1) is 0 Å². The number of carboxylic acid groups (broad SMARTS) is 1. The summed E-state index contributed by atoms with van der Waals surface area (Å²) < 4.78 is 5.05. The molecule has 3 N–H and O–H groups in total. The summed E-state index contributed by atoms with van der Waals surface area (Å²) >= 11 is 0. The Hall–Kier alpha value is -2.51. The minimum Gasteiger partial charge on any atom is -0.480 e. The van der Waals surface area contributed by atoms with Gasteiger partial charge in [0.2, 0.25) is 5.91 Å². The van der Waals surface area contributed by atoms with E-state index in [9.17, 15) is 14.4 Å². The third-order valence-electron chi connectivity index (χ3n) is 3.15. The van der Waals surface area contributed by atoms with Crippen molar-refractivity contribution < 1.29 is 23.9 Å². The van der Waals surface area contributed by atoms with E-state index in [-0.39, 0.29) is 25.7 Å². The summed E-state index contributed by atoms with van der Waals surface area (Å²) in [4.78, 5) is 35.6. The average Bonchev–Trinajstić information content (AvgIpc) is 3.00. The molecule has 0 saturated carbocycles. The normalized spacial score (nSPS) is 11.5. The van der Waals surface area contributed by atoms with E-state index in [0.717, 1.165) is 0 Å². The Kier molecular flexibility index (Phi) is 6.94. The fraction of sp³-hybridized carbons (Fsp3) is 0.500. The summed E-state index contributed by atoms with van der Waals surface area (Å²) in [5, 5.41) is 13.8. The summed E-state index contributed by atoms with van der Waals surface area (Å²) in [6.07, 6.45) is 2.12. The van der Waals surface area contributed by atoms with E-state index >= 15 is 0 Å². The van der Waals surface area contributed by atoms with Gasteiger partial charge in [0.15, 0.2) is 0 Å². The van der Waals surface area contributed by atoms with Crippen LogP contribution in [0.15, 0.2) is 22.8 Å². The molecule has 1 rings (SSSR count). The van der Waals surface area contributed by atoms with Crippen molar-refractivity contribution in [1.82, 2.24) is 15.5 Å². The number of rotatable bonds is 8. The quantitative estimate of drug-likeness (QED) is 0.657. The lowest BCUT2D eigenvalue weighted by molar-refractivity contribution is -0.145. The molecule has 0 radical (unpaired) electrons. The van der Waals surface area contributed by atoms with Crippen LogP contribution >= 0.6 is 0 Å². The average molecular weight is 311 g/mol. The van der Waals surface area contributed by atoms with E-state index in [1.165, 1.54) is 11.2 Å². The van der Waals surface area contributed by atoms with Crippen LogP contribution in [0.4, 0.5) is 4.79 Å². The molecule has 0 bridgehead atoms. The lowest BCUT2D eigenvalue weighted by atomic mass is 10.2. The number of amides is 3. The van der Waals surface area contributed by atoms with Crippen LogP contribution in [-0.4, -0.2) is 47.0 Å². The van der Waals surface area contributed by atoms with E-state index in [4.69, 9.17) is 9.52 Å². The van der Waals surface area contributed by atoms with Gasteiger partial charge in [0.05, 0.1) is 19.4 Å². The number of urea groups is 1. The maximum atomic E-state index is 12.0. The molecule has 8 heteroatoms. The van der Waals surface area contributed by atoms with E-state index < -0.39 is 17.9 Å². The summed E-state index contributed by atoms with van der Waals surface area (Å²) in [5.41, 5.74) is 0. The van der Waals surface area contributed by atoms with Crippen molar-refractivity contribution in [3.8, 4) is 0 Å². The number of aliphatic carboxylic acids is 1. The number of hydrogen-bond acceptors (Lipinski definition) is 4. The Labute approximate surface area is 128 Å². The zero-order chi connectivity index (χ0) is 16.5. The lowest BCUT2D eigenvalue weighted by Crippen LogP contribution is -2.48. The van der Waals surface area contributed by atoms with Crippen LogP contribution in [0, 0.1) is 0 Å². The van der Waals surface area contributed by atoms with Crippen LogP contribution in [0.1, 0.15) is 26.0 Å². The van der Waals surface area contributed by atoms with Gasteiger partial charge in [-0.1, -0.05) is 6.92 Å². The molecular formula is C14H21N3O5. The molecule has 0 aromatic carbocycles. The first-order valence-electron chi connectivity index (χ1n) is 6.99. The van der Waals surface area contributed by atoms with Crippen LogP contribution in [0.5, 0.6) is 0 Å². The Morgan fingerprint density at radius 1 is 1.36 bits per heavy atom. The standard InChI is InChI=1S/C14H21N3O5/c1-3-10(2)17(9-13(19)20)12(18)8-16-14(21)15-7-11-5-4-6-22-11/h4-6,10H,3,7-9H2,1-2H3,(H,19,20)(H2,15,16,21). The number of carbonyl (C=O) groups is 3. The van der Waals surface area contributed by atoms with Crippen LogP contribution in [0.3, 0.4) is 0 Å². The lowest BCUT2D eigenvalue weighted by Gasteiger charge is -2.27. The SMILES string of the molecule is CCC(C)N(CC(=O)O)C(=O)CNC(=O)NCc1ccco1. The van der Waals surface area contributed by atoms with E-state index in [2.05, 4.69) is 10.6 Å². The van der Waals surface area contributed by atoms with Gasteiger partial charge in [-0.3, -0.25) is 9.59 Å². The van der Waals surface area contributed by atoms with E-state index in [1.54, 1.807) is 19.1 Å². The molecule has 0 aliphatic carbocycles. The summed E-state index contributed by atoms with van der Waals surface area (Å²) in [5.74, 6) is -0.936. The number of nitrogens with zero attached hydrogens (tertiary/aromatic N) is 1. The third kappa shape index (κ3) is 5.86. The molecule has 1 aromatic rings. The van der Waals surface area contributed by atoms with Gasteiger partial charge in [-0.2, -0.15) is 0 Å².